The molecule has 16 heavy (non-hydrogen) atoms. The Morgan fingerprint density at radius 3 is 2.88 bits per heavy atom. The van der Waals surface area contributed by atoms with Crippen LogP contribution in [0.1, 0.15) is 24.8 Å². The Balaban J connectivity index is 2.25. The number of rotatable bonds is 3. The fourth-order valence-electron chi connectivity index (χ4n) is 1.56. The summed E-state index contributed by atoms with van der Waals surface area (Å²) < 4.78 is 13.6. The van der Waals surface area contributed by atoms with E-state index in [9.17, 15) is 4.39 Å². The minimum Gasteiger partial charge on any atom is -0.206 e. The third kappa shape index (κ3) is 2.62. The van der Waals surface area contributed by atoms with Crippen LogP contribution in [0.4, 0.5) is 4.39 Å². The van der Waals surface area contributed by atoms with Crippen LogP contribution in [0, 0.1) is 23.1 Å². The molecule has 0 aliphatic heterocycles. The van der Waals surface area contributed by atoms with Gasteiger partial charge in [-0.05, 0) is 43.4 Å². The highest BCUT2D eigenvalue weighted by atomic mass is 35.5. The molecule has 1 aromatic rings. The lowest BCUT2D eigenvalue weighted by Gasteiger charge is -2.01. The van der Waals surface area contributed by atoms with Gasteiger partial charge in [-0.25, -0.2) is 4.39 Å². The Morgan fingerprint density at radius 2 is 2.31 bits per heavy atom. The maximum Gasteiger partial charge on any atom is 0.133 e. The molecule has 1 aliphatic carbocycles. The summed E-state index contributed by atoms with van der Waals surface area (Å²) >= 11 is 5.66. The zero-order valence-electron chi connectivity index (χ0n) is 8.71. The van der Waals surface area contributed by atoms with Crippen molar-refractivity contribution >= 4 is 17.2 Å². The molecular formula is C13H11ClFN. The van der Waals surface area contributed by atoms with E-state index < -0.39 is 5.82 Å². The van der Waals surface area contributed by atoms with Crippen LogP contribution in [0.25, 0.3) is 5.57 Å². The van der Waals surface area contributed by atoms with Gasteiger partial charge in [0.25, 0.3) is 0 Å². The third-order valence-electron chi connectivity index (χ3n) is 2.69. The van der Waals surface area contributed by atoms with Crippen molar-refractivity contribution in [3.8, 4) is 6.07 Å². The summed E-state index contributed by atoms with van der Waals surface area (Å²) in [6, 6.07) is 6.43. The van der Waals surface area contributed by atoms with Crippen molar-refractivity contribution in [1.82, 2.24) is 0 Å². The molecule has 3 heteroatoms. The Morgan fingerprint density at radius 1 is 1.56 bits per heavy atom. The SMILES string of the molecule is N#C/C(=C\CC1CC1)c1ccc(Cl)cc1F. The summed E-state index contributed by atoms with van der Waals surface area (Å²) in [7, 11) is 0. The lowest BCUT2D eigenvalue weighted by Crippen LogP contribution is -1.88. The highest BCUT2D eigenvalue weighted by Gasteiger charge is 2.20. The molecule has 0 aromatic heterocycles. The zero-order valence-corrected chi connectivity index (χ0v) is 9.47. The number of allylic oxidation sites excluding steroid dienone is 2. The molecule has 0 unspecified atom stereocenters. The molecule has 1 nitrogen and oxygen atoms in total. The van der Waals surface area contributed by atoms with Crippen molar-refractivity contribution < 1.29 is 4.39 Å². The number of hydrogen-bond donors (Lipinski definition) is 0. The first kappa shape index (κ1) is 11.2. The van der Waals surface area contributed by atoms with Gasteiger partial charge in [0.05, 0.1) is 11.6 Å². The molecule has 0 spiro atoms. The van der Waals surface area contributed by atoms with Gasteiger partial charge in [-0.15, -0.1) is 0 Å². The molecule has 0 bridgehead atoms. The van der Waals surface area contributed by atoms with Gasteiger partial charge in [-0.3, -0.25) is 0 Å². The van der Waals surface area contributed by atoms with Crippen LogP contribution in [-0.4, -0.2) is 0 Å². The fraction of sp³-hybridized carbons (Fsp3) is 0.308. The molecule has 1 aromatic carbocycles. The van der Waals surface area contributed by atoms with Crippen LogP contribution in [0.3, 0.4) is 0 Å². The topological polar surface area (TPSA) is 23.8 Å². The van der Waals surface area contributed by atoms with Crippen molar-refractivity contribution in [2.24, 2.45) is 5.92 Å². The van der Waals surface area contributed by atoms with Crippen molar-refractivity contribution in [3.63, 3.8) is 0 Å². The molecule has 0 N–H and O–H groups in total. The fourth-order valence-corrected chi connectivity index (χ4v) is 1.72. The average Bonchev–Trinajstić information content (AvgIpc) is 3.05. The Labute approximate surface area is 99.2 Å². The first-order valence-corrected chi connectivity index (χ1v) is 5.64. The lowest BCUT2D eigenvalue weighted by molar-refractivity contribution is 0.624. The number of nitrogens with zero attached hydrogens (tertiary/aromatic N) is 1. The van der Waals surface area contributed by atoms with E-state index in [2.05, 4.69) is 0 Å². The zero-order chi connectivity index (χ0) is 11.5. The second kappa shape index (κ2) is 4.67. The van der Waals surface area contributed by atoms with Gasteiger partial charge in [-0.2, -0.15) is 5.26 Å². The first-order chi connectivity index (χ1) is 7.70. The van der Waals surface area contributed by atoms with Gasteiger partial charge >= 0.3 is 0 Å². The molecule has 0 atom stereocenters. The van der Waals surface area contributed by atoms with Crippen molar-refractivity contribution in [3.05, 3.63) is 40.7 Å². The van der Waals surface area contributed by atoms with Gasteiger partial charge in [0.15, 0.2) is 0 Å². The molecule has 0 heterocycles. The maximum absolute atomic E-state index is 13.6. The van der Waals surface area contributed by atoms with Crippen LogP contribution < -0.4 is 0 Å². The number of halogens is 2. The number of nitriles is 1. The Bertz CT molecular complexity index is 469. The van der Waals surface area contributed by atoms with E-state index in [0.717, 1.165) is 6.42 Å². The maximum atomic E-state index is 13.6. The van der Waals surface area contributed by atoms with Gasteiger partial charge in [-0.1, -0.05) is 17.7 Å². The van der Waals surface area contributed by atoms with Gasteiger partial charge in [0, 0.05) is 10.6 Å². The van der Waals surface area contributed by atoms with Gasteiger partial charge in [0.1, 0.15) is 5.82 Å². The molecule has 1 saturated carbocycles. The van der Waals surface area contributed by atoms with Crippen LogP contribution >= 0.6 is 11.6 Å². The van der Waals surface area contributed by atoms with E-state index in [1.165, 1.54) is 18.9 Å². The van der Waals surface area contributed by atoms with Crippen molar-refractivity contribution in [2.45, 2.75) is 19.3 Å². The summed E-state index contributed by atoms with van der Waals surface area (Å²) in [5, 5.41) is 9.34. The second-order valence-electron chi connectivity index (χ2n) is 4.03. The molecule has 0 amide bonds. The first-order valence-electron chi connectivity index (χ1n) is 5.26. The minimum atomic E-state index is -0.434. The van der Waals surface area contributed by atoms with Crippen molar-refractivity contribution in [2.75, 3.05) is 0 Å². The monoisotopic (exact) mass is 235 g/mol. The van der Waals surface area contributed by atoms with E-state index in [1.807, 2.05) is 12.1 Å². The summed E-state index contributed by atoms with van der Waals surface area (Å²) in [5.41, 5.74) is 0.744. The highest BCUT2D eigenvalue weighted by molar-refractivity contribution is 6.30. The third-order valence-corrected chi connectivity index (χ3v) is 2.93. The molecule has 2 rings (SSSR count). The van der Waals surface area contributed by atoms with E-state index in [0.29, 0.717) is 22.1 Å². The lowest BCUT2D eigenvalue weighted by atomic mass is 10.0. The summed E-state index contributed by atoms with van der Waals surface area (Å²) in [4.78, 5) is 0. The predicted molar refractivity (Wildman–Crippen MR) is 62.3 cm³/mol. The van der Waals surface area contributed by atoms with Crippen LogP contribution in [-0.2, 0) is 0 Å². The van der Waals surface area contributed by atoms with E-state index >= 15 is 0 Å². The standard InChI is InChI=1S/C13H11ClFN/c14-11-5-6-12(13(15)7-11)10(8-16)4-3-9-1-2-9/h4-7,9H,1-3H2/b10-4+. The number of hydrogen-bond acceptors (Lipinski definition) is 1. The predicted octanol–water partition coefficient (Wildman–Crippen LogP) is 4.19. The largest absolute Gasteiger partial charge is 0.206 e. The summed E-state index contributed by atoms with van der Waals surface area (Å²) in [6.07, 6.45) is 5.13. The smallest absolute Gasteiger partial charge is 0.133 e. The summed E-state index contributed by atoms with van der Waals surface area (Å²) in [6.45, 7) is 0. The van der Waals surface area contributed by atoms with Gasteiger partial charge in [0.2, 0.25) is 0 Å². The van der Waals surface area contributed by atoms with Crippen LogP contribution in [0.2, 0.25) is 5.02 Å². The summed E-state index contributed by atoms with van der Waals surface area (Å²) in [5.74, 6) is 0.259. The number of benzene rings is 1. The van der Waals surface area contributed by atoms with Crippen LogP contribution in [0.15, 0.2) is 24.3 Å². The highest BCUT2D eigenvalue weighted by Crippen LogP contribution is 2.34. The molecular weight excluding hydrogens is 225 g/mol. The van der Waals surface area contributed by atoms with Gasteiger partial charge < -0.3 is 0 Å². The minimum absolute atomic E-state index is 0.340. The Kier molecular flexibility index (Phi) is 3.26. The molecule has 82 valence electrons. The molecule has 0 saturated heterocycles. The molecule has 0 radical (unpaired) electrons. The molecule has 1 fully saturated rings. The normalized spacial score (nSPS) is 15.9. The molecule has 1 aliphatic rings. The van der Waals surface area contributed by atoms with Crippen LogP contribution in [0.5, 0.6) is 0 Å². The van der Waals surface area contributed by atoms with E-state index in [1.54, 1.807) is 12.1 Å². The van der Waals surface area contributed by atoms with Crippen molar-refractivity contribution in [1.29, 1.82) is 5.26 Å². The quantitative estimate of drug-likeness (QED) is 0.721. The second-order valence-corrected chi connectivity index (χ2v) is 4.47. The Hall–Kier alpha value is -1.33. The van der Waals surface area contributed by atoms with E-state index in [4.69, 9.17) is 16.9 Å². The van der Waals surface area contributed by atoms with E-state index in [-0.39, 0.29) is 0 Å². The average molecular weight is 236 g/mol.